The third kappa shape index (κ3) is 2.65. The van der Waals surface area contributed by atoms with Gasteiger partial charge in [-0.3, -0.25) is 0 Å². The summed E-state index contributed by atoms with van der Waals surface area (Å²) in [5.74, 6) is 0.678. The first-order valence-corrected chi connectivity index (χ1v) is 5.45. The predicted molar refractivity (Wildman–Crippen MR) is 58.2 cm³/mol. The third-order valence-corrected chi connectivity index (χ3v) is 2.99. The molecule has 12 heavy (non-hydrogen) atoms. The molecule has 0 aliphatic rings. The van der Waals surface area contributed by atoms with Gasteiger partial charge in [0.05, 0.1) is 0 Å². The summed E-state index contributed by atoms with van der Waals surface area (Å²) in [5, 5.41) is 0.814. The van der Waals surface area contributed by atoms with Crippen LogP contribution in [0.2, 0.25) is 5.02 Å². The molecule has 0 amide bonds. The zero-order chi connectivity index (χ0) is 8.97. The fourth-order valence-electron chi connectivity index (χ4n) is 1.01. The van der Waals surface area contributed by atoms with Crippen molar-refractivity contribution >= 4 is 39.1 Å². The minimum atomic E-state index is 0.678. The first kappa shape index (κ1) is 10.4. The monoisotopic (exact) mass is 266 g/mol. The lowest BCUT2D eigenvalue weighted by atomic mass is 10.1. The van der Waals surface area contributed by atoms with Crippen LogP contribution >= 0.6 is 39.1 Å². The molecule has 0 radical (unpaired) electrons. The molecule has 0 saturated heterocycles. The van der Waals surface area contributed by atoms with Crippen LogP contribution in [0.5, 0.6) is 0 Å². The zero-order valence-electron chi connectivity index (χ0n) is 6.49. The molecule has 0 aliphatic carbocycles. The maximum atomic E-state index is 5.99. The third-order valence-electron chi connectivity index (χ3n) is 1.62. The number of halogens is 3. The molecule has 1 rings (SSSR count). The van der Waals surface area contributed by atoms with Gasteiger partial charge >= 0.3 is 0 Å². The topological polar surface area (TPSA) is 0 Å². The van der Waals surface area contributed by atoms with Crippen molar-refractivity contribution in [2.45, 2.75) is 12.8 Å². The largest absolute Gasteiger partial charge is 0.127 e. The van der Waals surface area contributed by atoms with E-state index in [-0.39, 0.29) is 0 Å². The lowest BCUT2D eigenvalue weighted by Crippen LogP contribution is -1.89. The van der Waals surface area contributed by atoms with E-state index in [9.17, 15) is 0 Å². The van der Waals surface area contributed by atoms with Gasteiger partial charge in [-0.25, -0.2) is 0 Å². The molecule has 0 N–H and O–H groups in total. The van der Waals surface area contributed by atoms with E-state index in [2.05, 4.69) is 15.9 Å². The van der Waals surface area contributed by atoms with Crippen LogP contribution in [0.1, 0.15) is 12.0 Å². The highest BCUT2D eigenvalue weighted by Crippen LogP contribution is 2.25. The second kappa shape index (κ2) is 5.11. The summed E-state index contributed by atoms with van der Waals surface area (Å²) in [5.41, 5.74) is 1.15. The van der Waals surface area contributed by atoms with Crippen molar-refractivity contribution in [1.29, 1.82) is 0 Å². The smallest absolute Gasteiger partial charge is 0.0449 e. The Balaban J connectivity index is 2.81. The first-order valence-electron chi connectivity index (χ1n) is 3.74. The van der Waals surface area contributed by atoms with Gasteiger partial charge in [0.15, 0.2) is 0 Å². The summed E-state index contributed by atoms with van der Waals surface area (Å²) in [6, 6.07) is 5.82. The van der Waals surface area contributed by atoms with Crippen LogP contribution in [-0.4, -0.2) is 5.88 Å². The Morgan fingerprint density at radius 2 is 2.08 bits per heavy atom. The van der Waals surface area contributed by atoms with Crippen molar-refractivity contribution in [2.24, 2.45) is 0 Å². The number of benzene rings is 1. The van der Waals surface area contributed by atoms with Crippen molar-refractivity contribution < 1.29 is 0 Å². The number of hydrogen-bond donors (Lipinski definition) is 0. The molecule has 0 spiro atoms. The summed E-state index contributed by atoms with van der Waals surface area (Å²) in [6.45, 7) is 0. The van der Waals surface area contributed by atoms with Gasteiger partial charge in [-0.05, 0) is 30.5 Å². The molecule has 3 heteroatoms. The van der Waals surface area contributed by atoms with Crippen LogP contribution < -0.4 is 0 Å². The molecule has 0 atom stereocenters. The normalized spacial score (nSPS) is 10.2. The summed E-state index contributed by atoms with van der Waals surface area (Å²) < 4.78 is 1.07. The van der Waals surface area contributed by atoms with Gasteiger partial charge in [-0.15, -0.1) is 11.6 Å². The maximum absolute atomic E-state index is 5.99. The zero-order valence-corrected chi connectivity index (χ0v) is 9.59. The maximum Gasteiger partial charge on any atom is 0.0449 e. The van der Waals surface area contributed by atoms with E-state index in [1.165, 1.54) is 0 Å². The Bertz CT molecular complexity index is 240. The quantitative estimate of drug-likeness (QED) is 0.718. The Hall–Kier alpha value is 0.280. The van der Waals surface area contributed by atoms with Gasteiger partial charge in [0, 0.05) is 15.4 Å². The van der Waals surface area contributed by atoms with E-state index >= 15 is 0 Å². The van der Waals surface area contributed by atoms with Crippen LogP contribution in [0.4, 0.5) is 0 Å². The molecule has 0 aromatic heterocycles. The summed E-state index contributed by atoms with van der Waals surface area (Å²) in [7, 11) is 0. The molecule has 1 aromatic carbocycles. The lowest BCUT2D eigenvalue weighted by Gasteiger charge is -2.04. The molecule has 0 saturated carbocycles. The van der Waals surface area contributed by atoms with Crippen molar-refractivity contribution in [2.75, 3.05) is 5.88 Å². The Morgan fingerprint density at radius 3 is 2.67 bits per heavy atom. The summed E-state index contributed by atoms with van der Waals surface area (Å²) in [6.07, 6.45) is 1.90. The average Bonchev–Trinajstić information content (AvgIpc) is 2.04. The summed E-state index contributed by atoms with van der Waals surface area (Å²) in [4.78, 5) is 0. The Morgan fingerprint density at radius 1 is 1.33 bits per heavy atom. The molecular weight excluding hydrogens is 259 g/mol. The highest BCUT2D eigenvalue weighted by atomic mass is 79.9. The van der Waals surface area contributed by atoms with Gasteiger partial charge in [0.25, 0.3) is 0 Å². The average molecular weight is 268 g/mol. The minimum absolute atomic E-state index is 0.678. The number of alkyl halides is 1. The van der Waals surface area contributed by atoms with Crippen molar-refractivity contribution in [3.63, 3.8) is 0 Å². The van der Waals surface area contributed by atoms with E-state index < -0.39 is 0 Å². The molecule has 0 heterocycles. The first-order chi connectivity index (χ1) is 5.75. The fourth-order valence-corrected chi connectivity index (χ4v) is 2.10. The van der Waals surface area contributed by atoms with Gasteiger partial charge in [0.2, 0.25) is 0 Å². The second-order valence-electron chi connectivity index (χ2n) is 2.49. The SMILES string of the molecule is ClCCCc1c(Cl)cccc1Br. The molecule has 0 fully saturated rings. The fraction of sp³-hybridized carbons (Fsp3) is 0.333. The molecule has 0 nitrogen and oxygen atoms in total. The van der Waals surface area contributed by atoms with Gasteiger partial charge < -0.3 is 0 Å². The highest BCUT2D eigenvalue weighted by molar-refractivity contribution is 9.10. The molecule has 1 aromatic rings. The van der Waals surface area contributed by atoms with E-state index in [1.807, 2.05) is 18.2 Å². The molecular formula is C9H9BrCl2. The minimum Gasteiger partial charge on any atom is -0.127 e. The van der Waals surface area contributed by atoms with E-state index in [4.69, 9.17) is 23.2 Å². The van der Waals surface area contributed by atoms with Crippen molar-refractivity contribution in [3.05, 3.63) is 33.3 Å². The number of rotatable bonds is 3. The van der Waals surface area contributed by atoms with Crippen LogP contribution in [-0.2, 0) is 6.42 Å². The van der Waals surface area contributed by atoms with Crippen LogP contribution in [0.25, 0.3) is 0 Å². The highest BCUT2D eigenvalue weighted by Gasteiger charge is 2.03. The summed E-state index contributed by atoms with van der Waals surface area (Å²) >= 11 is 15.0. The predicted octanol–water partition coefficient (Wildman–Crippen LogP) is 4.27. The van der Waals surface area contributed by atoms with Gasteiger partial charge in [0.1, 0.15) is 0 Å². The van der Waals surface area contributed by atoms with Crippen molar-refractivity contribution in [3.8, 4) is 0 Å². The van der Waals surface area contributed by atoms with Crippen molar-refractivity contribution in [1.82, 2.24) is 0 Å². The standard InChI is InChI=1S/C9H9BrCl2/c10-8-4-1-5-9(12)7(8)3-2-6-11/h1,4-5H,2-3,6H2. The molecule has 0 bridgehead atoms. The molecule has 66 valence electrons. The second-order valence-corrected chi connectivity index (χ2v) is 4.13. The molecule has 0 unspecified atom stereocenters. The van der Waals surface area contributed by atoms with Crippen LogP contribution in [0.3, 0.4) is 0 Å². The molecule has 0 aliphatic heterocycles. The lowest BCUT2D eigenvalue weighted by molar-refractivity contribution is 0.924. The van der Waals surface area contributed by atoms with E-state index in [1.54, 1.807) is 0 Å². The van der Waals surface area contributed by atoms with E-state index in [0.29, 0.717) is 5.88 Å². The van der Waals surface area contributed by atoms with Gasteiger partial charge in [-0.1, -0.05) is 33.6 Å². The Labute approximate surface area is 91.0 Å². The van der Waals surface area contributed by atoms with Gasteiger partial charge in [-0.2, -0.15) is 0 Å². The number of hydrogen-bond acceptors (Lipinski definition) is 0. The Kier molecular flexibility index (Phi) is 4.41. The van der Waals surface area contributed by atoms with Crippen LogP contribution in [0.15, 0.2) is 22.7 Å². The van der Waals surface area contributed by atoms with E-state index in [0.717, 1.165) is 27.9 Å². The van der Waals surface area contributed by atoms with Crippen LogP contribution in [0, 0.1) is 0 Å².